The molecule has 0 aromatic heterocycles. The molecular formula is C19H27FN2O2. The topological polar surface area (TPSA) is 58.2 Å². The van der Waals surface area contributed by atoms with E-state index in [1.54, 1.807) is 6.92 Å². The van der Waals surface area contributed by atoms with Gasteiger partial charge in [-0.15, -0.1) is 0 Å². The van der Waals surface area contributed by atoms with Gasteiger partial charge in [0, 0.05) is 11.7 Å². The van der Waals surface area contributed by atoms with Gasteiger partial charge in [0.25, 0.3) is 0 Å². The van der Waals surface area contributed by atoms with E-state index in [1.807, 2.05) is 0 Å². The number of aryl methyl sites for hydroxylation is 1. The lowest BCUT2D eigenvalue weighted by molar-refractivity contribution is -0.136. The predicted molar refractivity (Wildman–Crippen MR) is 93.1 cm³/mol. The molecule has 1 aliphatic rings. The number of benzene rings is 1. The minimum atomic E-state index is -0.706. The molecule has 5 heteroatoms. The molecule has 0 unspecified atom stereocenters. The summed E-state index contributed by atoms with van der Waals surface area (Å²) in [6, 6.07) is 4.09. The maximum Gasteiger partial charge on any atom is 0.313 e. The van der Waals surface area contributed by atoms with Gasteiger partial charge in [-0.2, -0.15) is 0 Å². The van der Waals surface area contributed by atoms with Crippen LogP contribution in [0.25, 0.3) is 0 Å². The maximum atomic E-state index is 13.1. The lowest BCUT2D eigenvalue weighted by atomic mass is 9.71. The number of hydrogen-bond donors (Lipinski definition) is 2. The van der Waals surface area contributed by atoms with Gasteiger partial charge in [-0.1, -0.05) is 20.8 Å². The quantitative estimate of drug-likeness (QED) is 0.808. The van der Waals surface area contributed by atoms with Gasteiger partial charge in [0.05, 0.1) is 0 Å². The number of carbonyl (C=O) groups excluding carboxylic acids is 2. The number of halogens is 1. The molecule has 0 radical (unpaired) electrons. The van der Waals surface area contributed by atoms with E-state index >= 15 is 0 Å². The average Bonchev–Trinajstić information content (AvgIpc) is 2.49. The number of hydrogen-bond acceptors (Lipinski definition) is 2. The smallest absolute Gasteiger partial charge is 0.313 e. The van der Waals surface area contributed by atoms with Crippen LogP contribution in [0.1, 0.15) is 52.0 Å². The second-order valence-electron chi connectivity index (χ2n) is 7.80. The molecule has 1 fully saturated rings. The zero-order chi connectivity index (χ0) is 17.9. The van der Waals surface area contributed by atoms with Crippen molar-refractivity contribution < 1.29 is 14.0 Å². The molecule has 1 saturated carbocycles. The van der Waals surface area contributed by atoms with E-state index in [0.717, 1.165) is 25.7 Å². The van der Waals surface area contributed by atoms with E-state index in [0.29, 0.717) is 17.2 Å². The summed E-state index contributed by atoms with van der Waals surface area (Å²) < 4.78 is 13.1. The largest absolute Gasteiger partial charge is 0.345 e. The fraction of sp³-hybridized carbons (Fsp3) is 0.579. The van der Waals surface area contributed by atoms with Gasteiger partial charge in [-0.05, 0) is 67.7 Å². The molecule has 1 aromatic rings. The minimum Gasteiger partial charge on any atom is -0.345 e. The molecule has 132 valence electrons. The molecule has 0 heterocycles. The number of amides is 2. The summed E-state index contributed by atoms with van der Waals surface area (Å²) in [4.78, 5) is 24.1. The van der Waals surface area contributed by atoms with Gasteiger partial charge in [0.1, 0.15) is 5.82 Å². The second-order valence-corrected chi connectivity index (χ2v) is 7.80. The van der Waals surface area contributed by atoms with Crippen LogP contribution in [0.15, 0.2) is 18.2 Å². The van der Waals surface area contributed by atoms with Crippen molar-refractivity contribution in [3.63, 3.8) is 0 Å². The average molecular weight is 334 g/mol. The lowest BCUT2D eigenvalue weighted by Gasteiger charge is -2.37. The van der Waals surface area contributed by atoms with Crippen molar-refractivity contribution in [1.29, 1.82) is 0 Å². The van der Waals surface area contributed by atoms with Crippen LogP contribution in [0.4, 0.5) is 10.1 Å². The van der Waals surface area contributed by atoms with Crippen LogP contribution < -0.4 is 10.6 Å². The molecule has 0 spiro atoms. The Morgan fingerprint density at radius 1 is 1.08 bits per heavy atom. The first kappa shape index (κ1) is 18.4. The van der Waals surface area contributed by atoms with Crippen LogP contribution in [0, 0.1) is 24.1 Å². The monoisotopic (exact) mass is 334 g/mol. The fourth-order valence-electron chi connectivity index (χ4n) is 3.30. The first-order valence-corrected chi connectivity index (χ1v) is 8.55. The van der Waals surface area contributed by atoms with Crippen LogP contribution in [0.3, 0.4) is 0 Å². The SMILES string of the molecule is Cc1cc(F)ccc1NC(=O)C(=O)NC1CCC(C(C)(C)C)CC1. The van der Waals surface area contributed by atoms with E-state index in [-0.39, 0.29) is 17.3 Å². The normalized spacial score (nSPS) is 21.2. The number of anilines is 1. The molecule has 4 nitrogen and oxygen atoms in total. The molecule has 2 N–H and O–H groups in total. The first-order chi connectivity index (χ1) is 11.2. The standard InChI is InChI=1S/C19H27FN2O2/c1-12-11-14(20)7-10-16(12)22-18(24)17(23)21-15-8-5-13(6-9-15)19(2,3)4/h7,10-11,13,15H,5-6,8-9H2,1-4H3,(H,21,23)(H,22,24). The molecule has 24 heavy (non-hydrogen) atoms. The fourth-order valence-corrected chi connectivity index (χ4v) is 3.30. The van der Waals surface area contributed by atoms with Gasteiger partial charge < -0.3 is 10.6 Å². The molecule has 1 aliphatic carbocycles. The molecule has 0 saturated heterocycles. The van der Waals surface area contributed by atoms with E-state index in [2.05, 4.69) is 31.4 Å². The van der Waals surface area contributed by atoms with Crippen molar-refractivity contribution in [2.24, 2.45) is 11.3 Å². The van der Waals surface area contributed by atoms with Gasteiger partial charge >= 0.3 is 11.8 Å². The summed E-state index contributed by atoms with van der Waals surface area (Å²) >= 11 is 0. The first-order valence-electron chi connectivity index (χ1n) is 8.55. The Hall–Kier alpha value is -1.91. The zero-order valence-corrected chi connectivity index (χ0v) is 14.9. The van der Waals surface area contributed by atoms with Crippen LogP contribution >= 0.6 is 0 Å². The molecular weight excluding hydrogens is 307 g/mol. The third kappa shape index (κ3) is 4.79. The number of nitrogens with one attached hydrogen (secondary N) is 2. The van der Waals surface area contributed by atoms with Crippen molar-refractivity contribution in [3.8, 4) is 0 Å². The molecule has 0 bridgehead atoms. The van der Waals surface area contributed by atoms with Crippen molar-refractivity contribution in [2.45, 2.75) is 59.4 Å². The van der Waals surface area contributed by atoms with Gasteiger partial charge in [-0.3, -0.25) is 9.59 Å². The van der Waals surface area contributed by atoms with E-state index in [1.165, 1.54) is 18.2 Å². The lowest BCUT2D eigenvalue weighted by Crippen LogP contribution is -2.44. The van der Waals surface area contributed by atoms with Crippen LogP contribution in [0.5, 0.6) is 0 Å². The molecule has 2 rings (SSSR count). The van der Waals surface area contributed by atoms with Gasteiger partial charge in [0.15, 0.2) is 0 Å². The van der Waals surface area contributed by atoms with Gasteiger partial charge in [-0.25, -0.2) is 4.39 Å². The number of carbonyl (C=O) groups is 2. The Morgan fingerprint density at radius 2 is 1.71 bits per heavy atom. The Labute approximate surface area is 143 Å². The van der Waals surface area contributed by atoms with Crippen molar-refractivity contribution in [2.75, 3.05) is 5.32 Å². The summed E-state index contributed by atoms with van der Waals surface area (Å²) in [7, 11) is 0. The highest BCUT2D eigenvalue weighted by molar-refractivity contribution is 6.39. The third-order valence-electron chi connectivity index (χ3n) is 4.93. The minimum absolute atomic E-state index is 0.0520. The van der Waals surface area contributed by atoms with Crippen molar-refractivity contribution in [3.05, 3.63) is 29.6 Å². The van der Waals surface area contributed by atoms with Crippen LogP contribution in [-0.2, 0) is 9.59 Å². The third-order valence-corrected chi connectivity index (χ3v) is 4.93. The van der Waals surface area contributed by atoms with E-state index in [9.17, 15) is 14.0 Å². The maximum absolute atomic E-state index is 13.1. The van der Waals surface area contributed by atoms with Crippen LogP contribution in [-0.4, -0.2) is 17.9 Å². The highest BCUT2D eigenvalue weighted by Gasteiger charge is 2.31. The van der Waals surface area contributed by atoms with Gasteiger partial charge in [0.2, 0.25) is 0 Å². The molecule has 2 amide bonds. The second kappa shape index (κ2) is 7.32. The Bertz CT molecular complexity index is 614. The number of rotatable bonds is 2. The summed E-state index contributed by atoms with van der Waals surface area (Å²) in [5.41, 5.74) is 1.32. The summed E-state index contributed by atoms with van der Waals surface area (Å²) in [5.74, 6) is -1.05. The molecule has 0 atom stereocenters. The highest BCUT2D eigenvalue weighted by Crippen LogP contribution is 2.37. The summed E-state index contributed by atoms with van der Waals surface area (Å²) in [6.45, 7) is 8.42. The van der Waals surface area contributed by atoms with E-state index in [4.69, 9.17) is 0 Å². The van der Waals surface area contributed by atoms with Crippen molar-refractivity contribution >= 4 is 17.5 Å². The predicted octanol–water partition coefficient (Wildman–Crippen LogP) is 3.79. The highest BCUT2D eigenvalue weighted by atomic mass is 19.1. The Kier molecular flexibility index (Phi) is 5.62. The molecule has 0 aliphatic heterocycles. The summed E-state index contributed by atoms with van der Waals surface area (Å²) in [6.07, 6.45) is 3.92. The van der Waals surface area contributed by atoms with Crippen LogP contribution in [0.2, 0.25) is 0 Å². The Morgan fingerprint density at radius 3 is 2.25 bits per heavy atom. The Balaban J connectivity index is 1.85. The van der Waals surface area contributed by atoms with E-state index < -0.39 is 11.8 Å². The van der Waals surface area contributed by atoms with Crippen molar-refractivity contribution in [1.82, 2.24) is 5.32 Å². The summed E-state index contributed by atoms with van der Waals surface area (Å²) in [5, 5.41) is 5.36. The molecule has 1 aromatic carbocycles. The zero-order valence-electron chi connectivity index (χ0n) is 14.9.